The van der Waals surface area contributed by atoms with E-state index in [1.54, 1.807) is 0 Å². The lowest BCUT2D eigenvalue weighted by Crippen LogP contribution is -2.24. The Morgan fingerprint density at radius 1 is 1.08 bits per heavy atom. The van der Waals surface area contributed by atoms with Gasteiger partial charge in [0.25, 0.3) is 5.91 Å². The van der Waals surface area contributed by atoms with Crippen LogP contribution in [-0.2, 0) is 19.4 Å². The van der Waals surface area contributed by atoms with Gasteiger partial charge in [-0.15, -0.1) is 0 Å². The van der Waals surface area contributed by atoms with Crippen molar-refractivity contribution in [2.75, 3.05) is 0 Å². The number of fused-ring (bicyclic) bond motifs is 2. The Hall–Kier alpha value is -2.68. The van der Waals surface area contributed by atoms with Crippen LogP contribution < -0.4 is 5.32 Å². The number of benzene rings is 2. The van der Waals surface area contributed by atoms with Crippen molar-refractivity contribution < 1.29 is 4.79 Å². The molecule has 24 heavy (non-hydrogen) atoms. The highest BCUT2D eigenvalue weighted by Gasteiger charge is 2.23. The van der Waals surface area contributed by atoms with Gasteiger partial charge in [0.2, 0.25) is 0 Å². The molecule has 2 aromatic carbocycles. The number of nitrogens with zero attached hydrogens (tertiary/aromatic N) is 1. The summed E-state index contributed by atoms with van der Waals surface area (Å²) in [7, 11) is 0. The van der Waals surface area contributed by atoms with E-state index in [1.165, 1.54) is 5.56 Å². The standard InChI is InChI=1S/C21H20N2O/c1-14-9-11-15(12-10-14)13-22-21(24)20-16-5-2-3-7-18(16)23-19-8-4-6-17(19)20/h2-3,5,7,9-12H,4,6,8,13H2,1H3,(H,22,24). The molecule has 1 heterocycles. The number of amides is 1. The van der Waals surface area contributed by atoms with Crippen LogP contribution in [0.4, 0.5) is 0 Å². The van der Waals surface area contributed by atoms with E-state index in [0.29, 0.717) is 6.54 Å². The Morgan fingerprint density at radius 3 is 2.71 bits per heavy atom. The first-order valence-electron chi connectivity index (χ1n) is 8.46. The second-order valence-corrected chi connectivity index (χ2v) is 6.45. The van der Waals surface area contributed by atoms with Gasteiger partial charge in [0.05, 0.1) is 11.1 Å². The van der Waals surface area contributed by atoms with Crippen molar-refractivity contribution in [2.45, 2.75) is 32.7 Å². The molecule has 120 valence electrons. The lowest BCUT2D eigenvalue weighted by atomic mass is 10.0. The highest BCUT2D eigenvalue weighted by Crippen LogP contribution is 2.29. The SMILES string of the molecule is Cc1ccc(CNC(=O)c2c3c(nc4ccccc24)CCC3)cc1. The summed E-state index contributed by atoms with van der Waals surface area (Å²) >= 11 is 0. The maximum absolute atomic E-state index is 12.9. The third-order valence-electron chi connectivity index (χ3n) is 4.72. The summed E-state index contributed by atoms with van der Waals surface area (Å²) in [5.74, 6) is 0.00678. The predicted molar refractivity (Wildman–Crippen MR) is 96.1 cm³/mol. The lowest BCUT2D eigenvalue weighted by molar-refractivity contribution is 0.0951. The molecule has 0 radical (unpaired) electrons. The first-order chi connectivity index (χ1) is 11.7. The largest absolute Gasteiger partial charge is 0.348 e. The molecule has 3 heteroatoms. The van der Waals surface area contributed by atoms with E-state index in [1.807, 2.05) is 24.3 Å². The molecule has 0 saturated heterocycles. The second kappa shape index (κ2) is 6.08. The first-order valence-corrected chi connectivity index (χ1v) is 8.46. The molecule has 1 aliphatic rings. The van der Waals surface area contributed by atoms with E-state index < -0.39 is 0 Å². The fraction of sp³-hybridized carbons (Fsp3) is 0.238. The lowest BCUT2D eigenvalue weighted by Gasteiger charge is -2.13. The Bertz CT molecular complexity index is 913. The fourth-order valence-corrected chi connectivity index (χ4v) is 3.45. The number of hydrogen-bond donors (Lipinski definition) is 1. The monoisotopic (exact) mass is 316 g/mol. The normalized spacial score (nSPS) is 13.0. The van der Waals surface area contributed by atoms with E-state index in [0.717, 1.165) is 52.5 Å². The Labute approximate surface area is 141 Å². The third-order valence-corrected chi connectivity index (χ3v) is 4.72. The summed E-state index contributed by atoms with van der Waals surface area (Å²) in [4.78, 5) is 17.7. The zero-order valence-electron chi connectivity index (χ0n) is 13.8. The van der Waals surface area contributed by atoms with E-state index in [2.05, 4.69) is 36.5 Å². The van der Waals surface area contributed by atoms with Gasteiger partial charge in [0.15, 0.2) is 0 Å². The van der Waals surface area contributed by atoms with Gasteiger partial charge in [0, 0.05) is 17.6 Å². The molecule has 0 bridgehead atoms. The van der Waals surface area contributed by atoms with Gasteiger partial charge in [-0.05, 0) is 43.4 Å². The van der Waals surface area contributed by atoms with E-state index in [-0.39, 0.29) is 5.91 Å². The molecule has 0 fully saturated rings. The van der Waals surface area contributed by atoms with Crippen LogP contribution in [0.15, 0.2) is 48.5 Å². The summed E-state index contributed by atoms with van der Waals surface area (Å²) in [6.07, 6.45) is 3.00. The minimum Gasteiger partial charge on any atom is -0.348 e. The van der Waals surface area contributed by atoms with Gasteiger partial charge in [-0.3, -0.25) is 9.78 Å². The van der Waals surface area contributed by atoms with Crippen LogP contribution in [-0.4, -0.2) is 10.9 Å². The maximum atomic E-state index is 12.9. The van der Waals surface area contributed by atoms with Crippen LogP contribution in [0.3, 0.4) is 0 Å². The van der Waals surface area contributed by atoms with Crippen molar-refractivity contribution in [2.24, 2.45) is 0 Å². The summed E-state index contributed by atoms with van der Waals surface area (Å²) < 4.78 is 0. The fourth-order valence-electron chi connectivity index (χ4n) is 3.45. The van der Waals surface area contributed by atoms with Crippen molar-refractivity contribution in [3.8, 4) is 0 Å². The van der Waals surface area contributed by atoms with Gasteiger partial charge in [0.1, 0.15) is 0 Å². The van der Waals surface area contributed by atoms with E-state index in [4.69, 9.17) is 4.98 Å². The number of carbonyl (C=O) groups is 1. The number of pyridine rings is 1. The molecular weight excluding hydrogens is 296 g/mol. The van der Waals surface area contributed by atoms with E-state index in [9.17, 15) is 4.79 Å². The molecule has 0 saturated carbocycles. The van der Waals surface area contributed by atoms with Crippen molar-refractivity contribution in [1.82, 2.24) is 10.3 Å². The number of nitrogens with one attached hydrogen (secondary N) is 1. The molecule has 0 spiro atoms. The Kier molecular flexibility index (Phi) is 3.77. The van der Waals surface area contributed by atoms with Crippen LogP contribution in [0, 0.1) is 6.92 Å². The zero-order chi connectivity index (χ0) is 16.5. The third kappa shape index (κ3) is 2.67. The molecule has 1 amide bonds. The van der Waals surface area contributed by atoms with Crippen molar-refractivity contribution in [3.63, 3.8) is 0 Å². The Morgan fingerprint density at radius 2 is 1.88 bits per heavy atom. The Balaban J connectivity index is 1.67. The van der Waals surface area contributed by atoms with Gasteiger partial charge in [-0.25, -0.2) is 0 Å². The highest BCUT2D eigenvalue weighted by molar-refractivity contribution is 6.07. The molecule has 1 N–H and O–H groups in total. The van der Waals surface area contributed by atoms with Crippen molar-refractivity contribution in [1.29, 1.82) is 0 Å². The average Bonchev–Trinajstić information content (AvgIpc) is 3.06. The van der Waals surface area contributed by atoms with Crippen LogP contribution in [0.25, 0.3) is 10.9 Å². The molecule has 3 nitrogen and oxygen atoms in total. The summed E-state index contributed by atoms with van der Waals surface area (Å²) in [5, 5.41) is 4.05. The van der Waals surface area contributed by atoms with E-state index >= 15 is 0 Å². The number of rotatable bonds is 3. The molecule has 4 rings (SSSR count). The van der Waals surface area contributed by atoms with Crippen LogP contribution in [0.2, 0.25) is 0 Å². The summed E-state index contributed by atoms with van der Waals surface area (Å²) in [6, 6.07) is 16.2. The summed E-state index contributed by atoms with van der Waals surface area (Å²) in [6.45, 7) is 2.61. The van der Waals surface area contributed by atoms with Gasteiger partial charge < -0.3 is 5.32 Å². The number of para-hydroxylation sites is 1. The molecule has 0 unspecified atom stereocenters. The van der Waals surface area contributed by atoms with Crippen molar-refractivity contribution in [3.05, 3.63) is 76.5 Å². The smallest absolute Gasteiger partial charge is 0.252 e. The number of aryl methyl sites for hydroxylation is 2. The second-order valence-electron chi connectivity index (χ2n) is 6.45. The highest BCUT2D eigenvalue weighted by atomic mass is 16.1. The topological polar surface area (TPSA) is 42.0 Å². The maximum Gasteiger partial charge on any atom is 0.252 e. The predicted octanol–water partition coefficient (Wildman–Crippen LogP) is 3.96. The molecule has 1 aliphatic carbocycles. The zero-order valence-corrected chi connectivity index (χ0v) is 13.8. The molecule has 0 aliphatic heterocycles. The van der Waals surface area contributed by atoms with Crippen LogP contribution >= 0.6 is 0 Å². The first kappa shape index (κ1) is 14.9. The van der Waals surface area contributed by atoms with Crippen LogP contribution in [0.1, 0.15) is 39.2 Å². The van der Waals surface area contributed by atoms with Crippen molar-refractivity contribution >= 4 is 16.8 Å². The number of carbonyl (C=O) groups excluding carboxylic acids is 1. The van der Waals surface area contributed by atoms with Gasteiger partial charge in [-0.1, -0.05) is 48.0 Å². The average molecular weight is 316 g/mol. The van der Waals surface area contributed by atoms with Gasteiger partial charge in [-0.2, -0.15) is 0 Å². The number of aromatic nitrogens is 1. The van der Waals surface area contributed by atoms with Gasteiger partial charge >= 0.3 is 0 Å². The van der Waals surface area contributed by atoms with Crippen LogP contribution in [0.5, 0.6) is 0 Å². The quantitative estimate of drug-likeness (QED) is 0.794. The minimum absolute atomic E-state index is 0.00678. The number of hydrogen-bond acceptors (Lipinski definition) is 2. The molecule has 3 aromatic rings. The minimum atomic E-state index is 0.00678. The summed E-state index contributed by atoms with van der Waals surface area (Å²) in [5.41, 5.74) is 6.30. The molecule has 1 aromatic heterocycles. The molecular formula is C21H20N2O. The molecule has 0 atom stereocenters.